The van der Waals surface area contributed by atoms with Crippen LogP contribution in [0.1, 0.15) is 35.1 Å². The second-order valence-electron chi connectivity index (χ2n) is 8.63. The van der Waals surface area contributed by atoms with E-state index in [1.807, 2.05) is 40.3 Å². The van der Waals surface area contributed by atoms with Crippen LogP contribution in [0.25, 0.3) is 0 Å². The fraction of sp³-hybridized carbons (Fsp3) is 0.259. The van der Waals surface area contributed by atoms with Crippen molar-refractivity contribution < 1.29 is 4.79 Å². The van der Waals surface area contributed by atoms with E-state index >= 15 is 0 Å². The van der Waals surface area contributed by atoms with Crippen molar-refractivity contribution in [3.05, 3.63) is 89.0 Å². The summed E-state index contributed by atoms with van der Waals surface area (Å²) in [7, 11) is 8.16. The van der Waals surface area contributed by atoms with Gasteiger partial charge < -0.3 is 20.4 Å². The van der Waals surface area contributed by atoms with E-state index in [9.17, 15) is 4.79 Å². The van der Waals surface area contributed by atoms with Crippen LogP contribution in [0, 0.1) is 6.92 Å². The van der Waals surface area contributed by atoms with E-state index in [2.05, 4.69) is 82.0 Å². The number of hydrogen-bond acceptors (Lipinski definition) is 4. The number of carbonyl (C=O) groups is 1. The molecule has 0 unspecified atom stereocenters. The van der Waals surface area contributed by atoms with Crippen LogP contribution in [0.4, 0.5) is 17.1 Å². The van der Waals surface area contributed by atoms with Crippen LogP contribution in [0.5, 0.6) is 0 Å². The first kappa shape index (κ1) is 24.3. The van der Waals surface area contributed by atoms with Gasteiger partial charge in [-0.3, -0.25) is 4.79 Å². The molecule has 0 aromatic heterocycles. The molecule has 1 amide bonds. The molecule has 33 heavy (non-hydrogen) atoms. The Hall–Kier alpha value is -3.38. The predicted octanol–water partition coefficient (Wildman–Crippen LogP) is 5.14. The van der Waals surface area contributed by atoms with Gasteiger partial charge in [0.1, 0.15) is 0 Å². The molecule has 0 atom stereocenters. The van der Waals surface area contributed by atoms with E-state index in [1.165, 1.54) is 18.1 Å². The van der Waals surface area contributed by atoms with Crippen molar-refractivity contribution in [1.82, 2.24) is 5.32 Å². The van der Waals surface area contributed by atoms with Crippen LogP contribution in [0.15, 0.2) is 66.7 Å². The second-order valence-corrected chi connectivity index (χ2v) is 9.04. The first-order valence-corrected chi connectivity index (χ1v) is 11.3. The smallest absolute Gasteiger partial charge is 0.222 e. The lowest BCUT2D eigenvalue weighted by Gasteiger charge is -2.25. The Kier molecular flexibility index (Phi) is 7.71. The van der Waals surface area contributed by atoms with Gasteiger partial charge in [0.15, 0.2) is 5.11 Å². The van der Waals surface area contributed by atoms with Gasteiger partial charge in [-0.2, -0.15) is 0 Å². The predicted molar refractivity (Wildman–Crippen MR) is 144 cm³/mol. The number of benzene rings is 3. The molecule has 2 N–H and O–H groups in total. The van der Waals surface area contributed by atoms with Gasteiger partial charge in [-0.25, -0.2) is 0 Å². The molecule has 0 aliphatic carbocycles. The molecule has 3 aromatic rings. The zero-order valence-electron chi connectivity index (χ0n) is 20.1. The van der Waals surface area contributed by atoms with Crippen molar-refractivity contribution in [3.8, 4) is 0 Å². The minimum absolute atomic E-state index is 0.0139. The Balaban J connectivity index is 2.14. The van der Waals surface area contributed by atoms with Crippen molar-refractivity contribution in [2.24, 2.45) is 0 Å². The summed E-state index contributed by atoms with van der Waals surface area (Å²) >= 11 is 5.36. The van der Waals surface area contributed by atoms with Gasteiger partial charge in [0.25, 0.3) is 0 Å². The number of carbonyl (C=O) groups excluding carboxylic acids is 1. The number of aryl methyl sites for hydroxylation is 1. The first-order chi connectivity index (χ1) is 15.7. The summed E-state index contributed by atoms with van der Waals surface area (Å²) in [5, 5.41) is 6.18. The molecule has 0 fully saturated rings. The Labute approximate surface area is 202 Å². The first-order valence-electron chi connectivity index (χ1n) is 10.9. The maximum Gasteiger partial charge on any atom is 0.222 e. The SMILES string of the molecule is CC(=O)NC(=S)Nc1ccc(C)cc1C(c1ccc(N(C)C)cc1)c1ccc(N(C)C)cc1. The van der Waals surface area contributed by atoms with Crippen molar-refractivity contribution in [3.63, 3.8) is 0 Å². The lowest BCUT2D eigenvalue weighted by molar-refractivity contribution is -0.117. The summed E-state index contributed by atoms with van der Waals surface area (Å²) in [6.45, 7) is 3.53. The number of thiocarbonyl (C=S) groups is 1. The zero-order valence-corrected chi connectivity index (χ0v) is 21.0. The summed E-state index contributed by atoms with van der Waals surface area (Å²) in [4.78, 5) is 15.7. The van der Waals surface area contributed by atoms with E-state index in [4.69, 9.17) is 12.2 Å². The van der Waals surface area contributed by atoms with Gasteiger partial charge in [0.2, 0.25) is 5.91 Å². The monoisotopic (exact) mass is 460 g/mol. The molecule has 0 saturated carbocycles. The number of amides is 1. The van der Waals surface area contributed by atoms with Crippen molar-refractivity contribution in [2.75, 3.05) is 43.3 Å². The van der Waals surface area contributed by atoms with Crippen LogP contribution in [0.2, 0.25) is 0 Å². The van der Waals surface area contributed by atoms with Gasteiger partial charge in [-0.05, 0) is 66.2 Å². The fourth-order valence-electron chi connectivity index (χ4n) is 3.83. The highest BCUT2D eigenvalue weighted by Gasteiger charge is 2.21. The van der Waals surface area contributed by atoms with Crippen LogP contribution in [0.3, 0.4) is 0 Å². The molecule has 0 aliphatic rings. The van der Waals surface area contributed by atoms with Crippen molar-refractivity contribution >= 4 is 40.3 Å². The zero-order chi connectivity index (χ0) is 24.1. The molecule has 0 saturated heterocycles. The standard InChI is InChI=1S/C27H32N4OS/c1-18-7-16-25(29-27(33)28-19(2)32)24(17-18)26(20-8-12-22(13-9-20)30(3)4)21-10-14-23(15-11-21)31(5)6/h7-17,26H,1-6H3,(H2,28,29,32,33). The highest BCUT2D eigenvalue weighted by Crippen LogP contribution is 2.38. The van der Waals surface area contributed by atoms with E-state index in [1.54, 1.807) is 0 Å². The Morgan fingerprint density at radius 3 is 1.73 bits per heavy atom. The van der Waals surface area contributed by atoms with Crippen molar-refractivity contribution in [1.29, 1.82) is 0 Å². The molecule has 0 spiro atoms. The summed E-state index contributed by atoms with van der Waals surface area (Å²) < 4.78 is 0. The highest BCUT2D eigenvalue weighted by atomic mass is 32.1. The van der Waals surface area contributed by atoms with Gasteiger partial charge in [0, 0.05) is 58.1 Å². The van der Waals surface area contributed by atoms with Gasteiger partial charge in [0.05, 0.1) is 0 Å². The molecule has 172 valence electrons. The number of hydrogen-bond donors (Lipinski definition) is 2. The third-order valence-corrected chi connectivity index (χ3v) is 5.75. The van der Waals surface area contributed by atoms with E-state index in [0.29, 0.717) is 0 Å². The molecule has 0 radical (unpaired) electrons. The fourth-order valence-corrected chi connectivity index (χ4v) is 4.08. The summed E-state index contributed by atoms with van der Waals surface area (Å²) in [6, 6.07) is 23.5. The maximum absolute atomic E-state index is 11.5. The molecular weight excluding hydrogens is 428 g/mol. The van der Waals surface area contributed by atoms with Gasteiger partial charge in [-0.1, -0.05) is 42.0 Å². The average molecular weight is 461 g/mol. The summed E-state index contributed by atoms with van der Waals surface area (Å²) in [6.07, 6.45) is 0. The molecule has 3 rings (SSSR count). The Bertz CT molecular complexity index is 1070. The quantitative estimate of drug-likeness (QED) is 0.394. The third-order valence-electron chi connectivity index (χ3n) is 5.54. The van der Waals surface area contributed by atoms with Crippen LogP contribution in [-0.2, 0) is 4.79 Å². The molecule has 0 aliphatic heterocycles. The maximum atomic E-state index is 11.5. The number of nitrogens with one attached hydrogen (secondary N) is 2. The Morgan fingerprint density at radius 2 is 1.30 bits per heavy atom. The number of nitrogens with zero attached hydrogens (tertiary/aromatic N) is 2. The molecule has 0 bridgehead atoms. The second kappa shape index (κ2) is 10.5. The molecule has 3 aromatic carbocycles. The van der Waals surface area contributed by atoms with Crippen molar-refractivity contribution in [2.45, 2.75) is 19.8 Å². The van der Waals surface area contributed by atoms with E-state index in [0.717, 1.165) is 28.2 Å². The molecule has 0 heterocycles. The molecular formula is C27H32N4OS. The minimum atomic E-state index is -0.198. The lowest BCUT2D eigenvalue weighted by Crippen LogP contribution is -2.32. The average Bonchev–Trinajstić information content (AvgIpc) is 2.76. The minimum Gasteiger partial charge on any atom is -0.378 e. The van der Waals surface area contributed by atoms with Crippen LogP contribution in [-0.4, -0.2) is 39.2 Å². The largest absolute Gasteiger partial charge is 0.378 e. The molecule has 5 nitrogen and oxygen atoms in total. The molecule has 6 heteroatoms. The van der Waals surface area contributed by atoms with Crippen LogP contribution >= 0.6 is 12.2 Å². The summed E-state index contributed by atoms with van der Waals surface area (Å²) in [5.41, 5.74) is 7.77. The third kappa shape index (κ3) is 6.11. The highest BCUT2D eigenvalue weighted by molar-refractivity contribution is 7.80. The Morgan fingerprint density at radius 1 is 0.818 bits per heavy atom. The number of rotatable bonds is 6. The van der Waals surface area contributed by atoms with Crippen LogP contribution < -0.4 is 20.4 Å². The van der Waals surface area contributed by atoms with Gasteiger partial charge >= 0.3 is 0 Å². The van der Waals surface area contributed by atoms with E-state index in [-0.39, 0.29) is 16.9 Å². The lowest BCUT2D eigenvalue weighted by atomic mass is 9.83. The van der Waals surface area contributed by atoms with Gasteiger partial charge in [-0.15, -0.1) is 0 Å². The number of anilines is 3. The van der Waals surface area contributed by atoms with E-state index < -0.39 is 0 Å². The summed E-state index contributed by atoms with van der Waals surface area (Å²) in [5.74, 6) is -0.212. The normalized spacial score (nSPS) is 10.6. The topological polar surface area (TPSA) is 47.6 Å².